The highest BCUT2D eigenvalue weighted by Gasteiger charge is 2.03. The van der Waals surface area contributed by atoms with E-state index in [0.29, 0.717) is 0 Å². The summed E-state index contributed by atoms with van der Waals surface area (Å²) in [7, 11) is 0. The molecular formula is C14H12BrIS. The molecule has 0 saturated carbocycles. The van der Waals surface area contributed by atoms with Crippen LogP contribution in [0.2, 0.25) is 0 Å². The van der Waals surface area contributed by atoms with Gasteiger partial charge in [-0.25, -0.2) is 0 Å². The summed E-state index contributed by atoms with van der Waals surface area (Å²) in [6, 6.07) is 15.1. The Balaban J connectivity index is 2.26. The Labute approximate surface area is 128 Å². The Hall–Kier alpha value is -0.000000000000000111. The lowest BCUT2D eigenvalue weighted by atomic mass is 10.2. The van der Waals surface area contributed by atoms with E-state index in [0.717, 1.165) is 10.9 Å². The SMILES string of the molecule is CCc1cc(I)ccc1Sc1ccc(Br)cc1. The molecule has 3 heteroatoms. The van der Waals surface area contributed by atoms with Crippen molar-refractivity contribution in [3.05, 3.63) is 56.1 Å². The smallest absolute Gasteiger partial charge is 0.0176 e. The van der Waals surface area contributed by atoms with Crippen LogP contribution in [0.15, 0.2) is 56.7 Å². The van der Waals surface area contributed by atoms with Crippen molar-refractivity contribution < 1.29 is 0 Å². The minimum absolute atomic E-state index is 1.08. The summed E-state index contributed by atoms with van der Waals surface area (Å²) < 4.78 is 2.43. The molecule has 0 nitrogen and oxygen atoms in total. The third kappa shape index (κ3) is 3.73. The van der Waals surface area contributed by atoms with Gasteiger partial charge < -0.3 is 0 Å². The van der Waals surface area contributed by atoms with E-state index in [4.69, 9.17) is 0 Å². The van der Waals surface area contributed by atoms with Gasteiger partial charge >= 0.3 is 0 Å². The maximum atomic E-state index is 3.46. The van der Waals surface area contributed by atoms with Crippen LogP contribution in [0, 0.1) is 3.57 Å². The van der Waals surface area contributed by atoms with E-state index in [-0.39, 0.29) is 0 Å². The normalized spacial score (nSPS) is 10.5. The molecule has 0 fully saturated rings. The summed E-state index contributed by atoms with van der Waals surface area (Å²) >= 11 is 7.66. The molecule has 0 unspecified atom stereocenters. The van der Waals surface area contributed by atoms with Gasteiger partial charge in [-0.2, -0.15) is 0 Å². The molecule has 0 aliphatic heterocycles. The van der Waals surface area contributed by atoms with Gasteiger partial charge in [0.05, 0.1) is 0 Å². The number of hydrogen-bond acceptors (Lipinski definition) is 1. The lowest BCUT2D eigenvalue weighted by molar-refractivity contribution is 1.08. The molecule has 0 N–H and O–H groups in total. The van der Waals surface area contributed by atoms with Gasteiger partial charge in [0.15, 0.2) is 0 Å². The van der Waals surface area contributed by atoms with Gasteiger partial charge in [-0.05, 0) is 77.0 Å². The summed E-state index contributed by atoms with van der Waals surface area (Å²) in [5.41, 5.74) is 1.42. The zero-order valence-electron chi connectivity index (χ0n) is 9.41. The fourth-order valence-electron chi connectivity index (χ4n) is 1.55. The number of hydrogen-bond donors (Lipinski definition) is 0. The number of halogens is 2. The van der Waals surface area contributed by atoms with Crippen molar-refractivity contribution >= 4 is 50.3 Å². The fraction of sp³-hybridized carbons (Fsp3) is 0.143. The second-order valence-electron chi connectivity index (χ2n) is 3.66. The summed E-state index contributed by atoms with van der Waals surface area (Å²) in [6.45, 7) is 2.21. The van der Waals surface area contributed by atoms with E-state index in [1.165, 1.54) is 18.9 Å². The van der Waals surface area contributed by atoms with Crippen molar-refractivity contribution in [2.45, 2.75) is 23.1 Å². The summed E-state index contributed by atoms with van der Waals surface area (Å²) in [5, 5.41) is 0. The topological polar surface area (TPSA) is 0 Å². The lowest BCUT2D eigenvalue weighted by Gasteiger charge is -2.08. The third-order valence-electron chi connectivity index (χ3n) is 2.44. The van der Waals surface area contributed by atoms with Crippen molar-refractivity contribution in [1.29, 1.82) is 0 Å². The van der Waals surface area contributed by atoms with Crippen molar-refractivity contribution in [3.8, 4) is 0 Å². The maximum Gasteiger partial charge on any atom is 0.0176 e. The maximum absolute atomic E-state index is 3.46. The van der Waals surface area contributed by atoms with Crippen LogP contribution in [-0.4, -0.2) is 0 Å². The molecule has 2 rings (SSSR count). The molecule has 0 aliphatic carbocycles. The third-order valence-corrected chi connectivity index (χ3v) is 4.77. The van der Waals surface area contributed by atoms with Crippen LogP contribution in [0.1, 0.15) is 12.5 Å². The van der Waals surface area contributed by atoms with Gasteiger partial charge in [0, 0.05) is 17.8 Å². The highest BCUT2D eigenvalue weighted by molar-refractivity contribution is 14.1. The average molecular weight is 419 g/mol. The van der Waals surface area contributed by atoms with Gasteiger partial charge in [0.1, 0.15) is 0 Å². The molecule has 0 aromatic heterocycles. The van der Waals surface area contributed by atoms with Crippen molar-refractivity contribution in [3.63, 3.8) is 0 Å². The van der Waals surface area contributed by atoms with E-state index in [9.17, 15) is 0 Å². The Morgan fingerprint density at radius 3 is 2.47 bits per heavy atom. The minimum atomic E-state index is 1.08. The molecule has 0 spiro atoms. The first-order valence-electron chi connectivity index (χ1n) is 5.41. The molecule has 0 amide bonds. The summed E-state index contributed by atoms with van der Waals surface area (Å²) in [6.07, 6.45) is 1.08. The zero-order chi connectivity index (χ0) is 12.3. The molecule has 0 radical (unpaired) electrons. The molecular weight excluding hydrogens is 407 g/mol. The van der Waals surface area contributed by atoms with Crippen LogP contribution in [0.3, 0.4) is 0 Å². The molecule has 2 aromatic rings. The zero-order valence-corrected chi connectivity index (χ0v) is 14.0. The van der Waals surface area contributed by atoms with Gasteiger partial charge in [0.25, 0.3) is 0 Å². The van der Waals surface area contributed by atoms with E-state index in [1.807, 2.05) is 11.8 Å². The highest BCUT2D eigenvalue weighted by Crippen LogP contribution is 2.32. The van der Waals surface area contributed by atoms with E-state index < -0.39 is 0 Å². The Morgan fingerprint density at radius 1 is 1.12 bits per heavy atom. The van der Waals surface area contributed by atoms with Crippen molar-refractivity contribution in [1.82, 2.24) is 0 Å². The standard InChI is InChI=1S/C14H12BrIS/c1-2-10-9-12(16)5-8-14(10)17-13-6-3-11(15)4-7-13/h3-9H,2H2,1H3. The van der Waals surface area contributed by atoms with Crippen LogP contribution in [0.25, 0.3) is 0 Å². The van der Waals surface area contributed by atoms with Crippen molar-refractivity contribution in [2.75, 3.05) is 0 Å². The second kappa shape index (κ2) is 6.25. The van der Waals surface area contributed by atoms with E-state index in [1.54, 1.807) is 0 Å². The Bertz CT molecular complexity index is 508. The number of aryl methyl sites for hydroxylation is 1. The quantitative estimate of drug-likeness (QED) is 0.570. The van der Waals surface area contributed by atoms with Crippen LogP contribution in [-0.2, 0) is 6.42 Å². The van der Waals surface area contributed by atoms with Gasteiger partial charge in [-0.15, -0.1) is 0 Å². The highest BCUT2D eigenvalue weighted by atomic mass is 127. The molecule has 17 heavy (non-hydrogen) atoms. The molecule has 0 bridgehead atoms. The van der Waals surface area contributed by atoms with Gasteiger partial charge in [-0.3, -0.25) is 0 Å². The molecule has 0 saturated heterocycles. The van der Waals surface area contributed by atoms with Gasteiger partial charge in [-0.1, -0.05) is 34.6 Å². The first-order chi connectivity index (χ1) is 8.19. The van der Waals surface area contributed by atoms with Crippen LogP contribution in [0.4, 0.5) is 0 Å². The Kier molecular flexibility index (Phi) is 4.94. The van der Waals surface area contributed by atoms with Crippen LogP contribution >= 0.6 is 50.3 Å². The largest absolute Gasteiger partial charge is 0.0898 e. The first kappa shape index (κ1) is 13.4. The molecule has 2 aromatic carbocycles. The summed E-state index contributed by atoms with van der Waals surface area (Å²) in [5.74, 6) is 0. The van der Waals surface area contributed by atoms with E-state index in [2.05, 4.69) is 87.9 Å². The predicted molar refractivity (Wildman–Crippen MR) is 86.8 cm³/mol. The summed E-state index contributed by atoms with van der Waals surface area (Å²) in [4.78, 5) is 2.64. The van der Waals surface area contributed by atoms with Crippen LogP contribution in [0.5, 0.6) is 0 Å². The second-order valence-corrected chi connectivity index (χ2v) is 6.94. The molecule has 0 heterocycles. The van der Waals surface area contributed by atoms with Gasteiger partial charge in [0.2, 0.25) is 0 Å². The molecule has 88 valence electrons. The lowest BCUT2D eigenvalue weighted by Crippen LogP contribution is -1.86. The number of benzene rings is 2. The monoisotopic (exact) mass is 418 g/mol. The minimum Gasteiger partial charge on any atom is -0.0898 e. The van der Waals surface area contributed by atoms with Crippen LogP contribution < -0.4 is 0 Å². The first-order valence-corrected chi connectivity index (χ1v) is 8.09. The molecule has 0 atom stereocenters. The fourth-order valence-corrected chi connectivity index (χ4v) is 3.37. The van der Waals surface area contributed by atoms with Crippen molar-refractivity contribution in [2.24, 2.45) is 0 Å². The molecule has 0 aliphatic rings. The average Bonchev–Trinajstić information content (AvgIpc) is 2.34. The predicted octanol–water partition coefficient (Wildman–Crippen LogP) is 5.77. The Morgan fingerprint density at radius 2 is 1.82 bits per heavy atom. The number of rotatable bonds is 3. The van der Waals surface area contributed by atoms with E-state index >= 15 is 0 Å².